The van der Waals surface area contributed by atoms with Crippen LogP contribution in [0.5, 0.6) is 0 Å². The second-order valence-corrected chi connectivity index (χ2v) is 9.82. The van der Waals surface area contributed by atoms with Gasteiger partial charge in [-0.2, -0.15) is 0 Å². The summed E-state index contributed by atoms with van der Waals surface area (Å²) in [5.74, 6) is 2.32. The zero-order valence-corrected chi connectivity index (χ0v) is 16.2. The lowest BCUT2D eigenvalue weighted by Gasteiger charge is -2.39. The summed E-state index contributed by atoms with van der Waals surface area (Å²) < 4.78 is 25.2. The van der Waals surface area contributed by atoms with E-state index in [1.54, 1.807) is 24.3 Å². The van der Waals surface area contributed by atoms with Crippen molar-refractivity contribution in [2.24, 2.45) is 11.8 Å². The molecule has 1 saturated carbocycles. The molecule has 27 heavy (non-hydrogen) atoms. The van der Waals surface area contributed by atoms with Crippen molar-refractivity contribution in [1.29, 1.82) is 0 Å². The highest BCUT2D eigenvalue weighted by Crippen LogP contribution is 2.31. The first-order valence-electron chi connectivity index (χ1n) is 9.32. The lowest BCUT2D eigenvalue weighted by molar-refractivity contribution is -0.136. The quantitative estimate of drug-likeness (QED) is 0.714. The lowest BCUT2D eigenvalue weighted by atomic mass is 9.95. The van der Waals surface area contributed by atoms with Gasteiger partial charge >= 0.3 is 0 Å². The fraction of sp³-hybridized carbons (Fsp3) is 0.526. The molecule has 2 aromatic rings. The average molecular weight is 388 g/mol. The van der Waals surface area contributed by atoms with Crippen LogP contribution in [0.15, 0.2) is 35.5 Å². The Bertz CT molecular complexity index is 926. The molecule has 1 amide bonds. The molecule has 2 fully saturated rings. The van der Waals surface area contributed by atoms with Crippen LogP contribution in [0, 0.1) is 11.8 Å². The predicted octanol–water partition coefficient (Wildman–Crippen LogP) is 1.34. The third-order valence-corrected chi connectivity index (χ3v) is 6.46. The van der Waals surface area contributed by atoms with Crippen LogP contribution in [0.1, 0.15) is 24.2 Å². The van der Waals surface area contributed by atoms with Crippen molar-refractivity contribution in [3.63, 3.8) is 0 Å². The van der Waals surface area contributed by atoms with Gasteiger partial charge in [-0.1, -0.05) is 12.1 Å². The summed E-state index contributed by atoms with van der Waals surface area (Å²) in [6.07, 6.45) is 6.76. The zero-order valence-electron chi connectivity index (χ0n) is 15.4. The van der Waals surface area contributed by atoms with Gasteiger partial charge in [0, 0.05) is 38.2 Å². The number of aromatic nitrogens is 3. The van der Waals surface area contributed by atoms with E-state index in [0.29, 0.717) is 12.3 Å². The Labute approximate surface area is 159 Å². The van der Waals surface area contributed by atoms with E-state index in [1.807, 2.05) is 11.2 Å². The van der Waals surface area contributed by atoms with Crippen molar-refractivity contribution in [1.82, 2.24) is 19.7 Å². The summed E-state index contributed by atoms with van der Waals surface area (Å²) in [4.78, 5) is 14.6. The molecule has 1 aliphatic heterocycles. The van der Waals surface area contributed by atoms with Crippen molar-refractivity contribution in [2.75, 3.05) is 19.3 Å². The summed E-state index contributed by atoms with van der Waals surface area (Å²) in [7, 11) is -3.21. The molecule has 4 rings (SSSR count). The number of benzene rings is 1. The molecular weight excluding hydrogens is 364 g/mol. The number of hydrogen-bond acceptors (Lipinski definition) is 5. The smallest absolute Gasteiger partial charge is 0.227 e. The van der Waals surface area contributed by atoms with E-state index in [0.717, 1.165) is 43.4 Å². The van der Waals surface area contributed by atoms with Crippen molar-refractivity contribution in [3.8, 4) is 0 Å². The van der Waals surface area contributed by atoms with Gasteiger partial charge in [-0.15, -0.1) is 10.2 Å². The Morgan fingerprint density at radius 2 is 1.85 bits per heavy atom. The molecule has 8 heteroatoms. The molecule has 0 atom stereocenters. The third kappa shape index (κ3) is 4.37. The normalized spacial score (nSPS) is 17.7. The first-order chi connectivity index (χ1) is 12.9. The topological polar surface area (TPSA) is 85.2 Å². The van der Waals surface area contributed by atoms with Gasteiger partial charge in [0.25, 0.3) is 0 Å². The summed E-state index contributed by atoms with van der Waals surface area (Å²) in [5, 5.41) is 8.28. The van der Waals surface area contributed by atoms with Crippen molar-refractivity contribution >= 4 is 15.7 Å². The van der Waals surface area contributed by atoms with E-state index in [-0.39, 0.29) is 10.8 Å². The molecule has 2 aliphatic rings. The summed E-state index contributed by atoms with van der Waals surface area (Å²) in [6, 6.07) is 6.55. The fourth-order valence-corrected chi connectivity index (χ4v) is 4.10. The molecular formula is C19H24N4O3S. The second-order valence-electron chi connectivity index (χ2n) is 7.80. The first kappa shape index (κ1) is 18.2. The van der Waals surface area contributed by atoms with Gasteiger partial charge in [0.1, 0.15) is 12.2 Å². The molecule has 144 valence electrons. The number of sulfone groups is 1. The minimum Gasteiger partial charge on any atom is -0.342 e. The summed E-state index contributed by atoms with van der Waals surface area (Å²) >= 11 is 0. The maximum atomic E-state index is 12.4. The monoisotopic (exact) mass is 388 g/mol. The number of amides is 1. The van der Waals surface area contributed by atoms with Gasteiger partial charge in [0.2, 0.25) is 5.91 Å². The van der Waals surface area contributed by atoms with Gasteiger partial charge in [-0.25, -0.2) is 8.42 Å². The standard InChI is InChI=1S/C19H24N4O3S/c1-27(25,26)17-6-4-14(5-7-17)9-19(24)22-11-16(12-22)8-18-21-20-13-23(18)10-15-2-3-15/h4-7,13,15-16H,2-3,8-12H2,1H3. The predicted molar refractivity (Wildman–Crippen MR) is 99.8 cm³/mol. The van der Waals surface area contributed by atoms with E-state index in [4.69, 9.17) is 0 Å². The number of carbonyl (C=O) groups is 1. The molecule has 0 spiro atoms. The van der Waals surface area contributed by atoms with Crippen molar-refractivity contribution < 1.29 is 13.2 Å². The lowest BCUT2D eigenvalue weighted by Crippen LogP contribution is -2.51. The van der Waals surface area contributed by atoms with E-state index >= 15 is 0 Å². The molecule has 1 aromatic carbocycles. The van der Waals surface area contributed by atoms with Crippen molar-refractivity contribution in [2.45, 2.75) is 37.1 Å². The minimum atomic E-state index is -3.21. The Morgan fingerprint density at radius 1 is 1.15 bits per heavy atom. The van der Waals surface area contributed by atoms with Crippen LogP contribution in [0.2, 0.25) is 0 Å². The van der Waals surface area contributed by atoms with Gasteiger partial charge in [-0.05, 0) is 36.5 Å². The number of likely N-dealkylation sites (tertiary alicyclic amines) is 1. The largest absolute Gasteiger partial charge is 0.342 e. The maximum Gasteiger partial charge on any atom is 0.227 e. The summed E-state index contributed by atoms with van der Waals surface area (Å²) in [5.41, 5.74) is 0.833. The van der Waals surface area contributed by atoms with Crippen LogP contribution < -0.4 is 0 Å². The van der Waals surface area contributed by atoms with Crippen LogP contribution in [0.25, 0.3) is 0 Å². The van der Waals surface area contributed by atoms with Crippen LogP contribution in [0.3, 0.4) is 0 Å². The minimum absolute atomic E-state index is 0.0813. The number of carbonyl (C=O) groups excluding carboxylic acids is 1. The highest BCUT2D eigenvalue weighted by atomic mass is 32.2. The Balaban J connectivity index is 1.27. The van der Waals surface area contributed by atoms with Gasteiger partial charge < -0.3 is 9.47 Å². The van der Waals surface area contributed by atoms with Gasteiger partial charge in [-0.3, -0.25) is 4.79 Å². The molecule has 0 N–H and O–H groups in total. The second kappa shape index (κ2) is 7.07. The van der Waals surface area contributed by atoms with Crippen LogP contribution in [-0.2, 0) is 34.0 Å². The number of rotatable bonds is 7. The zero-order chi connectivity index (χ0) is 19.0. The Hall–Kier alpha value is -2.22. The van der Waals surface area contributed by atoms with Crippen LogP contribution in [0.4, 0.5) is 0 Å². The third-order valence-electron chi connectivity index (χ3n) is 5.34. The SMILES string of the molecule is CS(=O)(=O)c1ccc(CC(=O)N2CC(Cc3nncn3CC3CC3)C2)cc1. The Morgan fingerprint density at radius 3 is 2.48 bits per heavy atom. The van der Waals surface area contributed by atoms with Crippen molar-refractivity contribution in [3.05, 3.63) is 42.0 Å². The summed E-state index contributed by atoms with van der Waals surface area (Å²) in [6.45, 7) is 2.51. The molecule has 7 nitrogen and oxygen atoms in total. The van der Waals surface area contributed by atoms with Crippen LogP contribution in [-0.4, -0.2) is 53.3 Å². The van der Waals surface area contributed by atoms with Crippen LogP contribution >= 0.6 is 0 Å². The Kier molecular flexibility index (Phi) is 4.75. The van der Waals surface area contributed by atoms with Gasteiger partial charge in [0.15, 0.2) is 9.84 Å². The molecule has 1 aromatic heterocycles. The molecule has 1 saturated heterocycles. The molecule has 1 aliphatic carbocycles. The number of hydrogen-bond donors (Lipinski definition) is 0. The highest BCUT2D eigenvalue weighted by Gasteiger charge is 2.32. The highest BCUT2D eigenvalue weighted by molar-refractivity contribution is 7.90. The fourth-order valence-electron chi connectivity index (χ4n) is 3.47. The molecule has 0 unspecified atom stereocenters. The average Bonchev–Trinajstić information content (AvgIpc) is 3.28. The maximum absolute atomic E-state index is 12.4. The molecule has 0 radical (unpaired) electrons. The van der Waals surface area contributed by atoms with E-state index < -0.39 is 9.84 Å². The molecule has 2 heterocycles. The van der Waals surface area contributed by atoms with Gasteiger partial charge in [0.05, 0.1) is 11.3 Å². The first-order valence-corrected chi connectivity index (χ1v) is 11.2. The number of nitrogens with zero attached hydrogens (tertiary/aromatic N) is 4. The van der Waals surface area contributed by atoms with E-state index in [2.05, 4.69) is 14.8 Å². The van der Waals surface area contributed by atoms with E-state index in [1.165, 1.54) is 19.1 Å². The molecule has 0 bridgehead atoms. The van der Waals surface area contributed by atoms with E-state index in [9.17, 15) is 13.2 Å².